The number of aromatic nitrogens is 3. The van der Waals surface area contributed by atoms with Crippen molar-refractivity contribution in [2.45, 2.75) is 77.4 Å². The summed E-state index contributed by atoms with van der Waals surface area (Å²) in [5, 5.41) is 23.4. The number of methoxy groups -OCH3 is 1. The second kappa shape index (κ2) is 15.3. The average molecular weight is 676 g/mol. The van der Waals surface area contributed by atoms with Gasteiger partial charge in [0.1, 0.15) is 46.9 Å². The molecule has 49 heavy (non-hydrogen) atoms. The summed E-state index contributed by atoms with van der Waals surface area (Å²) in [6, 6.07) is 6.44. The Morgan fingerprint density at radius 2 is 1.94 bits per heavy atom. The van der Waals surface area contributed by atoms with Crippen molar-refractivity contribution in [3.05, 3.63) is 63.6 Å². The van der Waals surface area contributed by atoms with E-state index >= 15 is 0 Å². The van der Waals surface area contributed by atoms with Crippen LogP contribution in [0.5, 0.6) is 5.75 Å². The molecule has 4 heterocycles. The van der Waals surface area contributed by atoms with Crippen LogP contribution in [0.4, 0.5) is 33.6 Å². The van der Waals surface area contributed by atoms with E-state index in [4.69, 9.17) is 14.5 Å². The van der Waals surface area contributed by atoms with Crippen molar-refractivity contribution in [2.75, 3.05) is 54.1 Å². The lowest BCUT2D eigenvalue weighted by atomic mass is 9.92. The van der Waals surface area contributed by atoms with Crippen LogP contribution >= 0.6 is 0 Å². The van der Waals surface area contributed by atoms with Gasteiger partial charge in [-0.3, -0.25) is 10.1 Å². The van der Waals surface area contributed by atoms with Crippen molar-refractivity contribution in [1.29, 1.82) is 0 Å². The maximum absolute atomic E-state index is 13.2. The molecule has 1 atom stereocenters. The van der Waals surface area contributed by atoms with Gasteiger partial charge in [-0.2, -0.15) is 0 Å². The lowest BCUT2D eigenvalue weighted by Gasteiger charge is -2.34. The summed E-state index contributed by atoms with van der Waals surface area (Å²) >= 11 is 0. The Balaban J connectivity index is 1.27. The number of carbonyl (C=O) groups is 2. The average Bonchev–Trinajstić information content (AvgIpc) is 3.09. The molecule has 0 radical (unpaired) electrons. The van der Waals surface area contributed by atoms with Gasteiger partial charge in [0.05, 0.1) is 18.1 Å². The zero-order valence-electron chi connectivity index (χ0n) is 28.7. The highest BCUT2D eigenvalue weighted by molar-refractivity contribution is 5.94. The fourth-order valence-electron chi connectivity index (χ4n) is 6.09. The number of nitrogens with zero attached hydrogens (tertiary/aromatic N) is 5. The van der Waals surface area contributed by atoms with Crippen LogP contribution in [0.2, 0.25) is 0 Å². The van der Waals surface area contributed by atoms with E-state index in [1.165, 1.54) is 37.2 Å². The van der Waals surface area contributed by atoms with Crippen LogP contribution in [0.1, 0.15) is 69.7 Å². The quantitative estimate of drug-likeness (QED) is 0.121. The Morgan fingerprint density at radius 3 is 2.63 bits per heavy atom. The molecule has 2 aliphatic rings. The molecule has 1 unspecified atom stereocenters. The second-order valence-electron chi connectivity index (χ2n) is 13.1. The molecule has 262 valence electrons. The van der Waals surface area contributed by atoms with E-state index in [0.29, 0.717) is 18.2 Å². The number of nitro groups is 1. The molecule has 0 aliphatic carbocycles. The van der Waals surface area contributed by atoms with Gasteiger partial charge in [-0.1, -0.05) is 13.0 Å². The zero-order valence-corrected chi connectivity index (χ0v) is 28.7. The SMILES string of the molecule is CCc1c(NCC(NC(=O)Nc2ccc(OC)cc2[N+](=O)[O-])C(=O)OC(C)(C)C)ncnc1N1CCC(c2ccc3c(n2)NCCC3)CC1. The Bertz CT molecular complexity index is 1670. The summed E-state index contributed by atoms with van der Waals surface area (Å²) in [7, 11) is 1.39. The van der Waals surface area contributed by atoms with E-state index in [9.17, 15) is 19.7 Å². The monoisotopic (exact) mass is 675 g/mol. The number of benzene rings is 1. The lowest BCUT2D eigenvalue weighted by molar-refractivity contribution is -0.384. The number of esters is 1. The fourth-order valence-corrected chi connectivity index (χ4v) is 6.09. The predicted molar refractivity (Wildman–Crippen MR) is 187 cm³/mol. The number of urea groups is 1. The number of pyridine rings is 1. The van der Waals surface area contributed by atoms with Crippen LogP contribution < -0.4 is 30.9 Å². The lowest BCUT2D eigenvalue weighted by Crippen LogP contribution is -2.49. The number of ether oxygens (including phenoxy) is 2. The van der Waals surface area contributed by atoms with Crippen molar-refractivity contribution >= 4 is 40.8 Å². The third-order valence-electron chi connectivity index (χ3n) is 8.52. The molecule has 15 heteroatoms. The molecular weight excluding hydrogens is 630 g/mol. The van der Waals surface area contributed by atoms with Gasteiger partial charge in [0.25, 0.3) is 5.69 Å². The number of hydrogen-bond donors (Lipinski definition) is 4. The number of nitro benzene ring substituents is 1. The largest absolute Gasteiger partial charge is 0.496 e. The molecule has 15 nitrogen and oxygen atoms in total. The predicted octanol–water partition coefficient (Wildman–Crippen LogP) is 5.04. The van der Waals surface area contributed by atoms with E-state index in [1.807, 2.05) is 6.92 Å². The summed E-state index contributed by atoms with van der Waals surface area (Å²) in [6.07, 6.45) is 6.19. The highest BCUT2D eigenvalue weighted by Crippen LogP contribution is 2.34. The number of carbonyl (C=O) groups excluding carboxylic acids is 2. The molecule has 4 N–H and O–H groups in total. The highest BCUT2D eigenvalue weighted by Gasteiger charge is 2.30. The number of piperidine rings is 1. The third kappa shape index (κ3) is 8.83. The van der Waals surface area contributed by atoms with E-state index in [2.05, 4.69) is 48.3 Å². The molecule has 2 aromatic heterocycles. The number of amides is 2. The van der Waals surface area contributed by atoms with Crippen molar-refractivity contribution in [3.63, 3.8) is 0 Å². The minimum absolute atomic E-state index is 0.0589. The number of rotatable bonds is 11. The van der Waals surface area contributed by atoms with Gasteiger partial charge in [0.2, 0.25) is 0 Å². The minimum atomic E-state index is -1.16. The maximum atomic E-state index is 13.2. The van der Waals surface area contributed by atoms with Gasteiger partial charge < -0.3 is 35.6 Å². The zero-order chi connectivity index (χ0) is 35.1. The molecule has 1 fully saturated rings. The first-order valence-electron chi connectivity index (χ1n) is 16.6. The van der Waals surface area contributed by atoms with E-state index in [1.54, 1.807) is 20.8 Å². The van der Waals surface area contributed by atoms with E-state index in [-0.39, 0.29) is 23.7 Å². The molecule has 1 aromatic carbocycles. The summed E-state index contributed by atoms with van der Waals surface area (Å²) in [4.78, 5) is 53.6. The molecular formula is C34H45N9O6. The molecule has 0 spiro atoms. The van der Waals surface area contributed by atoms with Crippen LogP contribution in [-0.2, 0) is 22.4 Å². The number of nitrogens with one attached hydrogen (secondary N) is 4. The molecule has 3 aromatic rings. The van der Waals surface area contributed by atoms with Crippen molar-refractivity contribution in [1.82, 2.24) is 20.3 Å². The van der Waals surface area contributed by atoms with Crippen molar-refractivity contribution in [3.8, 4) is 5.75 Å². The normalized spacial score (nSPS) is 15.3. The van der Waals surface area contributed by atoms with Gasteiger partial charge in [-0.25, -0.2) is 24.5 Å². The summed E-state index contributed by atoms with van der Waals surface area (Å²) < 4.78 is 10.7. The van der Waals surface area contributed by atoms with Crippen molar-refractivity contribution < 1.29 is 24.0 Å². The van der Waals surface area contributed by atoms with Crippen LogP contribution in [0, 0.1) is 10.1 Å². The molecule has 2 amide bonds. The minimum Gasteiger partial charge on any atom is -0.496 e. The van der Waals surface area contributed by atoms with E-state index < -0.39 is 28.6 Å². The molecule has 5 rings (SSSR count). The molecule has 2 aliphatic heterocycles. The van der Waals surface area contributed by atoms with Crippen molar-refractivity contribution in [2.24, 2.45) is 0 Å². The number of anilines is 4. The summed E-state index contributed by atoms with van der Waals surface area (Å²) in [5.74, 6) is 2.33. The topological polar surface area (TPSA) is 186 Å². The van der Waals surface area contributed by atoms with Crippen LogP contribution in [0.15, 0.2) is 36.7 Å². The number of aryl methyl sites for hydroxylation is 1. The smallest absolute Gasteiger partial charge is 0.331 e. The Morgan fingerprint density at radius 1 is 1.16 bits per heavy atom. The standard InChI is InChI=1S/C34H45N9O6/c1-6-24-30(37-20-38-31(24)42-16-13-21(14-17-42)25-11-9-22-8-7-15-35-29(22)39-25)36-19-27(32(44)49-34(2,3)4)41-33(45)40-26-12-10-23(48-5)18-28(26)43(46)47/h9-12,18,20-21,27H,6-8,13-17,19H2,1-5H3,(H,35,39)(H,36,37,38)(H2,40,41,45). The first-order valence-corrected chi connectivity index (χ1v) is 16.6. The molecule has 0 saturated carbocycles. The Labute approximate surface area is 285 Å². The summed E-state index contributed by atoms with van der Waals surface area (Å²) in [5.41, 5.74) is 2.05. The second-order valence-corrected chi connectivity index (χ2v) is 13.1. The van der Waals surface area contributed by atoms with Gasteiger partial charge in [-0.15, -0.1) is 0 Å². The van der Waals surface area contributed by atoms with Gasteiger partial charge >= 0.3 is 12.0 Å². The molecule has 0 bridgehead atoms. The Hall–Kier alpha value is -5.21. The Kier molecular flexibility index (Phi) is 11.0. The van der Waals surface area contributed by atoms with Crippen LogP contribution in [0.25, 0.3) is 0 Å². The van der Waals surface area contributed by atoms with Gasteiger partial charge in [0, 0.05) is 43.4 Å². The maximum Gasteiger partial charge on any atom is 0.331 e. The van der Waals surface area contributed by atoms with Crippen LogP contribution in [0.3, 0.4) is 0 Å². The third-order valence-corrected chi connectivity index (χ3v) is 8.52. The fraction of sp³-hybridized carbons (Fsp3) is 0.500. The number of hydrogen-bond acceptors (Lipinski definition) is 12. The summed E-state index contributed by atoms with van der Waals surface area (Å²) in [6.45, 7) is 9.71. The van der Waals surface area contributed by atoms with E-state index in [0.717, 1.165) is 68.2 Å². The molecule has 1 saturated heterocycles. The first-order chi connectivity index (χ1) is 23.5. The highest BCUT2D eigenvalue weighted by atomic mass is 16.6. The van der Waals surface area contributed by atoms with Gasteiger partial charge in [0.15, 0.2) is 0 Å². The van der Waals surface area contributed by atoms with Gasteiger partial charge in [-0.05, 0) is 76.6 Å². The number of fused-ring (bicyclic) bond motifs is 1. The first kappa shape index (κ1) is 35.1. The van der Waals surface area contributed by atoms with Crippen LogP contribution in [-0.4, -0.2) is 76.8 Å².